The van der Waals surface area contributed by atoms with Crippen molar-refractivity contribution in [2.75, 3.05) is 0 Å². The summed E-state index contributed by atoms with van der Waals surface area (Å²) in [5.41, 5.74) is 0. The van der Waals surface area contributed by atoms with Gasteiger partial charge in [0.1, 0.15) is 0 Å². The SMILES string of the molecule is C1=C[CH]=[Ga][CH]=C1. The Bertz CT molecular complexity index is 73.3. The molecule has 1 aliphatic heterocycles. The van der Waals surface area contributed by atoms with Crippen molar-refractivity contribution < 1.29 is 0 Å². The summed E-state index contributed by atoms with van der Waals surface area (Å²) in [6, 6.07) is 0. The molecule has 1 heterocycles. The van der Waals surface area contributed by atoms with Gasteiger partial charge in [0, 0.05) is 0 Å². The Hall–Kier alpha value is -0.0136. The van der Waals surface area contributed by atoms with E-state index >= 15 is 0 Å². The molecule has 0 spiro atoms. The van der Waals surface area contributed by atoms with Gasteiger partial charge >= 0.3 is 44.4 Å². The molecule has 28 valence electrons. The minimum atomic E-state index is -0.00781. The standard InChI is InChI=1S/C5H5.Ga/c1-3-5-4-2;/h1-5H;. The zero-order chi connectivity index (χ0) is 4.24. The number of rotatable bonds is 0. The van der Waals surface area contributed by atoms with Gasteiger partial charge in [0.2, 0.25) is 0 Å². The third-order valence-corrected chi connectivity index (χ3v) is 2.53. The van der Waals surface area contributed by atoms with Crippen molar-refractivity contribution >= 4 is 21.5 Å². The number of allylic oxidation sites excluding steroid dienone is 3. The normalized spacial score (nSPS) is 14.7. The van der Waals surface area contributed by atoms with E-state index < -0.39 is 0 Å². The molecule has 0 aromatic carbocycles. The Morgan fingerprint density at radius 2 is 2.00 bits per heavy atom. The molecule has 0 nitrogen and oxygen atoms in total. The molecule has 0 fully saturated rings. The van der Waals surface area contributed by atoms with Gasteiger partial charge in [-0.3, -0.25) is 0 Å². The fraction of sp³-hybridized carbons (Fsp3) is 0. The molecule has 0 atom stereocenters. The first kappa shape index (κ1) is 4.15. The third kappa shape index (κ3) is 0.992. The molecule has 1 heteroatoms. The van der Waals surface area contributed by atoms with E-state index in [1.54, 1.807) is 0 Å². The third-order valence-electron chi connectivity index (χ3n) is 0.667. The Morgan fingerprint density at radius 3 is 2.17 bits per heavy atom. The van der Waals surface area contributed by atoms with Gasteiger partial charge in [-0.25, -0.2) is 0 Å². The van der Waals surface area contributed by atoms with Crippen LogP contribution in [0.2, 0.25) is 0 Å². The fourth-order valence-corrected chi connectivity index (χ4v) is 1.73. The molecule has 0 unspecified atom stereocenters. The second kappa shape index (κ2) is 2.21. The summed E-state index contributed by atoms with van der Waals surface area (Å²) in [7, 11) is 0. The maximum atomic E-state index is 2.28. The van der Waals surface area contributed by atoms with E-state index in [1.165, 1.54) is 0 Å². The predicted molar refractivity (Wildman–Crippen MR) is 30.1 cm³/mol. The Kier molecular flexibility index (Phi) is 1.53. The summed E-state index contributed by atoms with van der Waals surface area (Å²) in [6.07, 6.45) is 6.32. The quantitative estimate of drug-likeness (QED) is 0.426. The monoisotopic (exact) mass is 134 g/mol. The molecule has 0 N–H and O–H groups in total. The van der Waals surface area contributed by atoms with Crippen molar-refractivity contribution in [2.24, 2.45) is 0 Å². The van der Waals surface area contributed by atoms with Gasteiger partial charge in [-0.05, 0) is 0 Å². The number of hydrogen-bond donors (Lipinski definition) is 0. The zero-order valence-electron chi connectivity index (χ0n) is 3.46. The summed E-state index contributed by atoms with van der Waals surface area (Å²) in [5, 5.41) is 0. The van der Waals surface area contributed by atoms with Crippen LogP contribution >= 0.6 is 0 Å². The average Bonchev–Trinajstić information content (AvgIpc) is 1.72. The first-order chi connectivity index (χ1) is 3.00. The van der Waals surface area contributed by atoms with Crippen LogP contribution in [0.4, 0.5) is 0 Å². The summed E-state index contributed by atoms with van der Waals surface area (Å²) in [4.78, 5) is 0. The molecule has 0 saturated heterocycles. The van der Waals surface area contributed by atoms with Crippen molar-refractivity contribution in [3.05, 3.63) is 22.9 Å². The second-order valence-electron chi connectivity index (χ2n) is 1.15. The van der Waals surface area contributed by atoms with Gasteiger partial charge in [-0.2, -0.15) is 0 Å². The number of hydrogen-bond acceptors (Lipinski definition) is 0. The van der Waals surface area contributed by atoms with E-state index in [0.29, 0.717) is 0 Å². The molecule has 6 heavy (non-hydrogen) atoms. The van der Waals surface area contributed by atoms with E-state index in [-0.39, 0.29) is 17.0 Å². The summed E-state index contributed by atoms with van der Waals surface area (Å²) < 4.78 is 4.56. The summed E-state index contributed by atoms with van der Waals surface area (Å²) in [5.74, 6) is 0. The van der Waals surface area contributed by atoms with Crippen molar-refractivity contribution in [1.29, 1.82) is 0 Å². The van der Waals surface area contributed by atoms with Crippen molar-refractivity contribution in [1.82, 2.24) is 0 Å². The first-order valence-corrected chi connectivity index (χ1v) is 4.80. The average molecular weight is 135 g/mol. The molecular formula is C5H5Ga. The van der Waals surface area contributed by atoms with Gasteiger partial charge in [-0.15, -0.1) is 0 Å². The van der Waals surface area contributed by atoms with Crippen LogP contribution in [0, 0.1) is 0 Å². The molecule has 1 rings (SSSR count). The van der Waals surface area contributed by atoms with Gasteiger partial charge in [0.05, 0.1) is 0 Å². The molecule has 0 aromatic rings. The van der Waals surface area contributed by atoms with Crippen LogP contribution in [0.3, 0.4) is 0 Å². The van der Waals surface area contributed by atoms with Crippen LogP contribution in [0.5, 0.6) is 0 Å². The van der Waals surface area contributed by atoms with Crippen molar-refractivity contribution in [3.63, 3.8) is 0 Å². The van der Waals surface area contributed by atoms with Crippen LogP contribution in [0.15, 0.2) is 22.9 Å². The van der Waals surface area contributed by atoms with Crippen molar-refractivity contribution in [2.45, 2.75) is 0 Å². The molecule has 1 aliphatic rings. The second-order valence-corrected chi connectivity index (χ2v) is 3.58. The van der Waals surface area contributed by atoms with Crippen LogP contribution < -0.4 is 0 Å². The Morgan fingerprint density at radius 1 is 1.00 bits per heavy atom. The minimum absolute atomic E-state index is 0.00781. The topological polar surface area (TPSA) is 0 Å². The van der Waals surface area contributed by atoms with Crippen LogP contribution in [0.1, 0.15) is 0 Å². The van der Waals surface area contributed by atoms with Gasteiger partial charge < -0.3 is 0 Å². The van der Waals surface area contributed by atoms with E-state index in [4.69, 9.17) is 0 Å². The van der Waals surface area contributed by atoms with E-state index in [9.17, 15) is 0 Å². The summed E-state index contributed by atoms with van der Waals surface area (Å²) in [6.45, 7) is 0. The Balaban J connectivity index is 2.77. The van der Waals surface area contributed by atoms with E-state index in [0.717, 1.165) is 0 Å². The van der Waals surface area contributed by atoms with E-state index in [1.807, 2.05) is 0 Å². The van der Waals surface area contributed by atoms with Gasteiger partial charge in [0.15, 0.2) is 0 Å². The van der Waals surface area contributed by atoms with Crippen LogP contribution in [-0.2, 0) is 0 Å². The molecule has 0 saturated carbocycles. The molecule has 0 radical (unpaired) electrons. The molecule has 0 amide bonds. The van der Waals surface area contributed by atoms with Crippen LogP contribution in [0.25, 0.3) is 0 Å². The van der Waals surface area contributed by atoms with Gasteiger partial charge in [-0.1, -0.05) is 0 Å². The maximum absolute atomic E-state index is 2.28. The van der Waals surface area contributed by atoms with E-state index in [2.05, 4.69) is 27.4 Å². The molecule has 0 bridgehead atoms. The Labute approximate surface area is 44.9 Å². The zero-order valence-corrected chi connectivity index (χ0v) is 5.89. The predicted octanol–water partition coefficient (Wildman–Crippen LogP) is 0.576. The van der Waals surface area contributed by atoms with Crippen LogP contribution in [-0.4, -0.2) is 21.5 Å². The molecular weight excluding hydrogens is 130 g/mol. The fourth-order valence-electron chi connectivity index (χ4n) is 0.385. The first-order valence-electron chi connectivity index (χ1n) is 2.00. The van der Waals surface area contributed by atoms with Gasteiger partial charge in [0.25, 0.3) is 0 Å². The summed E-state index contributed by atoms with van der Waals surface area (Å²) >= 11 is -0.00781. The van der Waals surface area contributed by atoms with Crippen molar-refractivity contribution in [3.8, 4) is 0 Å². The molecule has 0 aliphatic carbocycles. The molecule has 0 aromatic heterocycles.